The van der Waals surface area contributed by atoms with Crippen molar-refractivity contribution < 1.29 is 33.3 Å². The van der Waals surface area contributed by atoms with E-state index in [4.69, 9.17) is 23.7 Å². The van der Waals surface area contributed by atoms with E-state index in [2.05, 4.69) is 5.32 Å². The molecule has 1 aromatic rings. The van der Waals surface area contributed by atoms with Gasteiger partial charge in [0.25, 0.3) is 0 Å². The van der Waals surface area contributed by atoms with Crippen LogP contribution >= 0.6 is 0 Å². The maximum absolute atomic E-state index is 12.6. The van der Waals surface area contributed by atoms with Crippen LogP contribution in [0.5, 0.6) is 5.75 Å². The molecule has 0 saturated carbocycles. The number of benzene rings is 1. The number of esters is 1. The molecule has 8 nitrogen and oxygen atoms in total. The molecular formula is C23H37NO7. The van der Waals surface area contributed by atoms with Crippen LogP contribution in [0.25, 0.3) is 0 Å². The zero-order valence-corrected chi connectivity index (χ0v) is 19.7. The molecule has 31 heavy (non-hydrogen) atoms. The lowest BCUT2D eigenvalue weighted by molar-refractivity contribution is -0.162. The van der Waals surface area contributed by atoms with Crippen molar-refractivity contribution >= 4 is 12.1 Å². The van der Waals surface area contributed by atoms with E-state index in [1.165, 1.54) is 6.92 Å². The highest BCUT2D eigenvalue weighted by atomic mass is 16.6. The van der Waals surface area contributed by atoms with E-state index in [0.29, 0.717) is 12.4 Å². The first-order chi connectivity index (χ1) is 14.6. The van der Waals surface area contributed by atoms with Gasteiger partial charge in [0.2, 0.25) is 0 Å². The fraction of sp³-hybridized carbons (Fsp3) is 0.652. The number of carbonyl (C=O) groups is 2. The van der Waals surface area contributed by atoms with Crippen molar-refractivity contribution in [3.8, 4) is 5.75 Å². The third kappa shape index (κ3) is 10.5. The lowest BCUT2D eigenvalue weighted by atomic mass is 10.1. The summed E-state index contributed by atoms with van der Waals surface area (Å²) in [5, 5.41) is 2.49. The second-order valence-corrected chi connectivity index (χ2v) is 8.27. The molecule has 0 radical (unpaired) electrons. The SMILES string of the molecule is CCCO[C@@H](COC)[C@@H](Oc1ccccc1)[C@H](C)OC(=O)[C@@H](C)NC(=O)OC(C)(C)C. The topological polar surface area (TPSA) is 92.3 Å². The number of hydrogen-bond donors (Lipinski definition) is 1. The Bertz CT molecular complexity index is 660. The fourth-order valence-corrected chi connectivity index (χ4v) is 2.70. The van der Waals surface area contributed by atoms with Gasteiger partial charge in [-0.25, -0.2) is 9.59 Å². The summed E-state index contributed by atoms with van der Waals surface area (Å²) in [6.45, 7) is 11.3. The maximum Gasteiger partial charge on any atom is 0.408 e. The van der Waals surface area contributed by atoms with Crippen LogP contribution in [0.2, 0.25) is 0 Å². The Labute approximate surface area is 185 Å². The highest BCUT2D eigenvalue weighted by Gasteiger charge is 2.34. The number of para-hydroxylation sites is 1. The summed E-state index contributed by atoms with van der Waals surface area (Å²) >= 11 is 0. The zero-order chi connectivity index (χ0) is 23.4. The summed E-state index contributed by atoms with van der Waals surface area (Å²) in [5.74, 6) is 0.0169. The maximum atomic E-state index is 12.6. The Balaban J connectivity index is 2.88. The molecule has 0 fully saturated rings. The van der Waals surface area contributed by atoms with E-state index in [1.54, 1.807) is 34.8 Å². The molecule has 176 valence electrons. The van der Waals surface area contributed by atoms with E-state index in [1.807, 2.05) is 37.3 Å². The summed E-state index contributed by atoms with van der Waals surface area (Å²) in [5.41, 5.74) is -0.667. The van der Waals surface area contributed by atoms with Gasteiger partial charge in [-0.1, -0.05) is 25.1 Å². The number of hydrogen-bond acceptors (Lipinski definition) is 7. The average Bonchev–Trinajstić information content (AvgIpc) is 2.68. The van der Waals surface area contributed by atoms with Gasteiger partial charge in [-0.05, 0) is 53.2 Å². The van der Waals surface area contributed by atoms with E-state index in [0.717, 1.165) is 6.42 Å². The second kappa shape index (κ2) is 13.2. The molecular weight excluding hydrogens is 402 g/mol. The smallest absolute Gasteiger partial charge is 0.408 e. The Kier molecular flexibility index (Phi) is 11.3. The number of alkyl carbamates (subject to hydrolysis) is 1. The van der Waals surface area contributed by atoms with Gasteiger partial charge in [0.1, 0.15) is 29.6 Å². The molecule has 0 aliphatic carbocycles. The fourth-order valence-electron chi connectivity index (χ4n) is 2.70. The largest absolute Gasteiger partial charge is 0.484 e. The van der Waals surface area contributed by atoms with Gasteiger partial charge in [0, 0.05) is 13.7 Å². The summed E-state index contributed by atoms with van der Waals surface area (Å²) in [4.78, 5) is 24.5. The third-order valence-corrected chi connectivity index (χ3v) is 4.10. The minimum Gasteiger partial charge on any atom is -0.484 e. The Morgan fingerprint density at radius 1 is 1.10 bits per heavy atom. The molecule has 0 saturated heterocycles. The zero-order valence-electron chi connectivity index (χ0n) is 19.7. The lowest BCUT2D eigenvalue weighted by Gasteiger charge is -2.32. The van der Waals surface area contributed by atoms with E-state index in [-0.39, 0.29) is 6.61 Å². The Morgan fingerprint density at radius 2 is 1.74 bits per heavy atom. The van der Waals surface area contributed by atoms with Crippen LogP contribution in [-0.2, 0) is 23.7 Å². The van der Waals surface area contributed by atoms with E-state index in [9.17, 15) is 9.59 Å². The first kappa shape index (κ1) is 26.7. The standard InChI is InChI=1S/C23H37NO7/c1-8-14-28-19(15-27-7)20(30-18-12-10-9-11-13-18)17(3)29-21(25)16(2)24-22(26)31-23(4,5)6/h9-13,16-17,19-20H,8,14-15H2,1-7H3,(H,24,26)/t16-,17+,19+,20+/m1/s1. The minimum absolute atomic E-state index is 0.269. The molecule has 8 heteroatoms. The van der Waals surface area contributed by atoms with Gasteiger partial charge in [-0.3, -0.25) is 0 Å². The normalized spacial score (nSPS) is 15.3. The molecule has 0 aliphatic rings. The van der Waals surface area contributed by atoms with Crippen molar-refractivity contribution in [2.75, 3.05) is 20.3 Å². The van der Waals surface area contributed by atoms with Crippen LogP contribution in [-0.4, -0.2) is 62.3 Å². The van der Waals surface area contributed by atoms with Gasteiger partial charge in [0.05, 0.1) is 6.61 Å². The second-order valence-electron chi connectivity index (χ2n) is 8.27. The molecule has 0 aliphatic heterocycles. The van der Waals surface area contributed by atoms with Gasteiger partial charge in [-0.2, -0.15) is 0 Å². The van der Waals surface area contributed by atoms with Crippen LogP contribution in [0.1, 0.15) is 48.0 Å². The Hall–Kier alpha value is -2.32. The highest BCUT2D eigenvalue weighted by molar-refractivity contribution is 5.81. The lowest BCUT2D eigenvalue weighted by Crippen LogP contribution is -2.49. The molecule has 1 rings (SSSR count). The molecule has 1 aromatic carbocycles. The number of methoxy groups -OCH3 is 1. The minimum atomic E-state index is -0.896. The predicted octanol–water partition coefficient (Wildman–Crippen LogP) is 3.72. The monoisotopic (exact) mass is 439 g/mol. The van der Waals surface area contributed by atoms with Crippen LogP contribution in [0.4, 0.5) is 4.79 Å². The van der Waals surface area contributed by atoms with Gasteiger partial charge < -0.3 is 29.0 Å². The molecule has 0 unspecified atom stereocenters. The van der Waals surface area contributed by atoms with Crippen molar-refractivity contribution in [3.05, 3.63) is 30.3 Å². The van der Waals surface area contributed by atoms with Crippen molar-refractivity contribution in [1.82, 2.24) is 5.32 Å². The molecule has 4 atom stereocenters. The van der Waals surface area contributed by atoms with Crippen LogP contribution in [0.3, 0.4) is 0 Å². The number of carbonyl (C=O) groups excluding carboxylic acids is 2. The van der Waals surface area contributed by atoms with Crippen LogP contribution in [0.15, 0.2) is 30.3 Å². The van der Waals surface area contributed by atoms with Crippen molar-refractivity contribution in [3.63, 3.8) is 0 Å². The number of rotatable bonds is 12. The summed E-state index contributed by atoms with van der Waals surface area (Å²) in [6, 6.07) is 8.33. The summed E-state index contributed by atoms with van der Waals surface area (Å²) in [7, 11) is 1.57. The first-order valence-corrected chi connectivity index (χ1v) is 10.6. The number of amides is 1. The average molecular weight is 440 g/mol. The van der Waals surface area contributed by atoms with Crippen LogP contribution in [0, 0.1) is 0 Å². The van der Waals surface area contributed by atoms with Crippen molar-refractivity contribution in [2.45, 2.75) is 77.9 Å². The molecule has 1 N–H and O–H groups in total. The van der Waals surface area contributed by atoms with Crippen molar-refractivity contribution in [2.24, 2.45) is 0 Å². The summed E-state index contributed by atoms with van der Waals surface area (Å²) < 4.78 is 28.1. The molecule has 0 spiro atoms. The van der Waals surface area contributed by atoms with Gasteiger partial charge in [0.15, 0.2) is 6.10 Å². The van der Waals surface area contributed by atoms with Crippen molar-refractivity contribution in [1.29, 1.82) is 0 Å². The number of nitrogens with one attached hydrogen (secondary N) is 1. The quantitative estimate of drug-likeness (QED) is 0.496. The Morgan fingerprint density at radius 3 is 2.29 bits per heavy atom. The molecule has 0 heterocycles. The highest BCUT2D eigenvalue weighted by Crippen LogP contribution is 2.19. The number of ether oxygens (including phenoxy) is 5. The van der Waals surface area contributed by atoms with E-state index < -0.39 is 42.0 Å². The van der Waals surface area contributed by atoms with Crippen LogP contribution < -0.4 is 10.1 Å². The van der Waals surface area contributed by atoms with Gasteiger partial charge >= 0.3 is 12.1 Å². The van der Waals surface area contributed by atoms with E-state index >= 15 is 0 Å². The van der Waals surface area contributed by atoms with Gasteiger partial charge in [-0.15, -0.1) is 0 Å². The summed E-state index contributed by atoms with van der Waals surface area (Å²) in [6.07, 6.45) is -1.62. The first-order valence-electron chi connectivity index (χ1n) is 10.6. The molecule has 1 amide bonds. The molecule has 0 bridgehead atoms. The molecule has 0 aromatic heterocycles. The third-order valence-electron chi connectivity index (χ3n) is 4.10. The predicted molar refractivity (Wildman–Crippen MR) is 117 cm³/mol.